The van der Waals surface area contributed by atoms with E-state index < -0.39 is 15.4 Å². The molecule has 1 aliphatic heterocycles. The summed E-state index contributed by atoms with van der Waals surface area (Å²) in [6, 6.07) is 1.27. The van der Waals surface area contributed by atoms with Gasteiger partial charge in [0.1, 0.15) is 0 Å². The molecule has 0 bridgehead atoms. The van der Waals surface area contributed by atoms with Crippen LogP contribution in [-0.4, -0.2) is 44.5 Å². The van der Waals surface area contributed by atoms with Crippen LogP contribution in [0.4, 0.5) is 0 Å². The Balaban J connectivity index is 2.84. The predicted octanol–water partition coefficient (Wildman–Crippen LogP) is 1.90. The second-order valence-electron chi connectivity index (χ2n) is 6.13. The first kappa shape index (κ1) is 14.4. The lowest BCUT2D eigenvalue weighted by molar-refractivity contribution is 0.00589. The van der Waals surface area contributed by atoms with Crippen LogP contribution in [0.2, 0.25) is 32.2 Å². The van der Waals surface area contributed by atoms with E-state index in [1.165, 1.54) is 6.04 Å². The molecule has 0 aromatic rings. The molecule has 0 saturated carbocycles. The van der Waals surface area contributed by atoms with Gasteiger partial charge in [0.2, 0.25) is 0 Å². The standard InChI is InChI=1S/C11H26O3Si2/c1-15(2)10-7-11(5-8-12,6-9-13)14-16(15,3)4/h12-13H,5-10H2,1-4H3. The molecule has 0 aliphatic carbocycles. The molecular formula is C11H26O3Si2. The average molecular weight is 262 g/mol. The third kappa shape index (κ3) is 2.76. The van der Waals surface area contributed by atoms with E-state index in [1.807, 2.05) is 0 Å². The molecule has 96 valence electrons. The van der Waals surface area contributed by atoms with Crippen molar-refractivity contribution < 1.29 is 14.6 Å². The van der Waals surface area contributed by atoms with Gasteiger partial charge in [-0.05, 0) is 32.4 Å². The van der Waals surface area contributed by atoms with Gasteiger partial charge in [-0.3, -0.25) is 0 Å². The quantitative estimate of drug-likeness (QED) is 0.761. The maximum Gasteiger partial charge on any atom is 0.174 e. The molecule has 5 heteroatoms. The average Bonchev–Trinajstić information content (AvgIpc) is 2.13. The Morgan fingerprint density at radius 1 is 1.06 bits per heavy atom. The van der Waals surface area contributed by atoms with Gasteiger partial charge in [-0.2, -0.15) is 0 Å². The van der Waals surface area contributed by atoms with E-state index in [1.54, 1.807) is 0 Å². The van der Waals surface area contributed by atoms with Gasteiger partial charge >= 0.3 is 0 Å². The zero-order valence-corrected chi connectivity index (χ0v) is 13.0. The molecule has 3 nitrogen and oxygen atoms in total. The monoisotopic (exact) mass is 262 g/mol. The fraction of sp³-hybridized carbons (Fsp3) is 1.00. The van der Waals surface area contributed by atoms with Crippen molar-refractivity contribution in [3.63, 3.8) is 0 Å². The van der Waals surface area contributed by atoms with Gasteiger partial charge in [0.25, 0.3) is 0 Å². The van der Waals surface area contributed by atoms with Crippen LogP contribution in [0.15, 0.2) is 0 Å². The number of hydrogen-bond donors (Lipinski definition) is 2. The molecule has 1 saturated heterocycles. The number of rotatable bonds is 4. The van der Waals surface area contributed by atoms with Crippen LogP contribution in [0, 0.1) is 0 Å². The van der Waals surface area contributed by atoms with E-state index in [0.717, 1.165) is 6.42 Å². The number of aliphatic hydroxyl groups excluding tert-OH is 2. The molecule has 1 fully saturated rings. The Hall–Kier alpha value is 0.314. The molecule has 0 aromatic heterocycles. The topological polar surface area (TPSA) is 49.7 Å². The molecule has 0 spiro atoms. The molecule has 0 unspecified atom stereocenters. The number of aliphatic hydroxyl groups is 2. The highest BCUT2D eigenvalue weighted by atomic mass is 29.3. The van der Waals surface area contributed by atoms with Crippen molar-refractivity contribution in [2.24, 2.45) is 0 Å². The van der Waals surface area contributed by atoms with Crippen molar-refractivity contribution >= 4 is 15.4 Å². The molecule has 1 aliphatic rings. The Morgan fingerprint density at radius 2 is 1.56 bits per heavy atom. The highest BCUT2D eigenvalue weighted by Crippen LogP contribution is 2.42. The van der Waals surface area contributed by atoms with E-state index in [9.17, 15) is 10.2 Å². The number of hydrogen-bond acceptors (Lipinski definition) is 3. The van der Waals surface area contributed by atoms with E-state index in [-0.39, 0.29) is 18.8 Å². The summed E-state index contributed by atoms with van der Waals surface area (Å²) in [5.74, 6) is 0. The van der Waals surface area contributed by atoms with Crippen molar-refractivity contribution in [2.75, 3.05) is 13.2 Å². The normalized spacial score (nSPS) is 26.6. The fourth-order valence-corrected chi connectivity index (χ4v) is 9.46. The summed E-state index contributed by atoms with van der Waals surface area (Å²) in [6.45, 7) is 9.77. The van der Waals surface area contributed by atoms with E-state index in [4.69, 9.17) is 4.43 Å². The molecule has 16 heavy (non-hydrogen) atoms. The molecule has 1 heterocycles. The first-order valence-corrected chi connectivity index (χ1v) is 13.3. The highest BCUT2D eigenvalue weighted by molar-refractivity contribution is 7.38. The first-order valence-electron chi connectivity index (χ1n) is 6.20. The first-order chi connectivity index (χ1) is 7.29. The second-order valence-corrected chi connectivity index (χ2v) is 21.3. The van der Waals surface area contributed by atoms with E-state index >= 15 is 0 Å². The predicted molar refractivity (Wildman–Crippen MR) is 71.6 cm³/mol. The van der Waals surface area contributed by atoms with E-state index in [2.05, 4.69) is 26.2 Å². The minimum atomic E-state index is -1.61. The van der Waals surface area contributed by atoms with Crippen LogP contribution in [-0.2, 0) is 4.43 Å². The third-order valence-corrected chi connectivity index (χ3v) is 21.0. The summed E-state index contributed by atoms with van der Waals surface area (Å²) in [5.41, 5.74) is -0.234. The second kappa shape index (κ2) is 4.90. The zero-order chi connectivity index (χ0) is 12.4. The van der Waals surface area contributed by atoms with Crippen LogP contribution >= 0.6 is 0 Å². The third-order valence-electron chi connectivity index (χ3n) is 4.44. The Labute approximate surface area is 101 Å². The molecule has 0 atom stereocenters. The Bertz CT molecular complexity index is 235. The van der Waals surface area contributed by atoms with Gasteiger partial charge < -0.3 is 14.6 Å². The molecule has 0 aromatic carbocycles. The van der Waals surface area contributed by atoms with Crippen molar-refractivity contribution in [2.45, 2.75) is 57.1 Å². The molecular weight excluding hydrogens is 236 g/mol. The minimum absolute atomic E-state index is 0.159. The van der Waals surface area contributed by atoms with Gasteiger partial charge in [0, 0.05) is 13.2 Å². The smallest absolute Gasteiger partial charge is 0.174 e. The maximum absolute atomic E-state index is 9.18. The molecule has 2 N–H and O–H groups in total. The fourth-order valence-electron chi connectivity index (χ4n) is 2.46. The van der Waals surface area contributed by atoms with Gasteiger partial charge in [-0.1, -0.05) is 19.1 Å². The molecule has 0 amide bonds. The SMILES string of the molecule is C[Si]1(C)CCC(CCO)(CCO)O[Si]1(C)C. The summed E-state index contributed by atoms with van der Waals surface area (Å²) >= 11 is 0. The van der Waals surface area contributed by atoms with Crippen LogP contribution in [0.25, 0.3) is 0 Å². The van der Waals surface area contributed by atoms with Gasteiger partial charge in [0.05, 0.1) is 13.2 Å². The van der Waals surface area contributed by atoms with Crippen molar-refractivity contribution in [1.82, 2.24) is 0 Å². The molecule has 1 rings (SSSR count). The van der Waals surface area contributed by atoms with E-state index in [0.29, 0.717) is 12.8 Å². The van der Waals surface area contributed by atoms with Crippen LogP contribution < -0.4 is 0 Å². The lowest BCUT2D eigenvalue weighted by atomic mass is 9.93. The maximum atomic E-state index is 9.18. The van der Waals surface area contributed by atoms with Crippen molar-refractivity contribution in [1.29, 1.82) is 0 Å². The van der Waals surface area contributed by atoms with Crippen LogP contribution in [0.5, 0.6) is 0 Å². The highest BCUT2D eigenvalue weighted by Gasteiger charge is 2.52. The Kier molecular flexibility index (Phi) is 4.40. The van der Waals surface area contributed by atoms with Gasteiger partial charge in [-0.25, -0.2) is 0 Å². The summed E-state index contributed by atoms with van der Waals surface area (Å²) in [6.07, 6.45) is 2.37. The summed E-state index contributed by atoms with van der Waals surface area (Å²) in [4.78, 5) is 0. The van der Waals surface area contributed by atoms with Gasteiger partial charge in [0.15, 0.2) is 7.83 Å². The Morgan fingerprint density at radius 3 is 1.94 bits per heavy atom. The lowest BCUT2D eigenvalue weighted by Crippen LogP contribution is -2.65. The summed E-state index contributed by atoms with van der Waals surface area (Å²) in [7, 11) is -2.82. The van der Waals surface area contributed by atoms with Crippen molar-refractivity contribution in [3.8, 4) is 0 Å². The minimum Gasteiger partial charge on any atom is -0.414 e. The lowest BCUT2D eigenvalue weighted by Gasteiger charge is -2.52. The summed E-state index contributed by atoms with van der Waals surface area (Å²) in [5, 5.41) is 18.4. The van der Waals surface area contributed by atoms with Crippen LogP contribution in [0.3, 0.4) is 0 Å². The zero-order valence-electron chi connectivity index (χ0n) is 11.0. The summed E-state index contributed by atoms with van der Waals surface area (Å²) < 4.78 is 6.44. The van der Waals surface area contributed by atoms with Crippen LogP contribution in [0.1, 0.15) is 19.3 Å². The largest absolute Gasteiger partial charge is 0.414 e. The van der Waals surface area contributed by atoms with Gasteiger partial charge in [-0.15, -0.1) is 0 Å². The molecule has 0 radical (unpaired) electrons. The van der Waals surface area contributed by atoms with Crippen molar-refractivity contribution in [3.05, 3.63) is 0 Å².